The van der Waals surface area contributed by atoms with Gasteiger partial charge in [0.05, 0.1) is 6.04 Å². The zero-order valence-corrected chi connectivity index (χ0v) is 11.6. The van der Waals surface area contributed by atoms with Crippen molar-refractivity contribution in [1.82, 2.24) is 5.32 Å². The average Bonchev–Trinajstić information content (AvgIpc) is 2.87. The van der Waals surface area contributed by atoms with Gasteiger partial charge in [0.15, 0.2) is 0 Å². The summed E-state index contributed by atoms with van der Waals surface area (Å²) in [6, 6.07) is 12.6. The Bertz CT molecular complexity index is 713. The third-order valence-corrected chi connectivity index (χ3v) is 3.36. The summed E-state index contributed by atoms with van der Waals surface area (Å²) in [5, 5.41) is 4.17. The molecule has 3 rings (SSSR count). The van der Waals surface area contributed by atoms with Crippen molar-refractivity contribution in [3.63, 3.8) is 0 Å². The first kappa shape index (κ1) is 13.8. The lowest BCUT2D eigenvalue weighted by molar-refractivity contribution is 0.473. The maximum Gasteiger partial charge on any atom is 0.134 e. The van der Waals surface area contributed by atoms with Gasteiger partial charge in [-0.25, -0.2) is 8.78 Å². The molecule has 3 aromatic rings. The molecule has 0 radical (unpaired) electrons. The average molecular weight is 287 g/mol. The predicted molar refractivity (Wildman–Crippen MR) is 78.1 cm³/mol. The minimum Gasteiger partial charge on any atom is -0.459 e. The number of nitrogens with one attached hydrogen (secondary N) is 1. The van der Waals surface area contributed by atoms with Crippen molar-refractivity contribution in [3.8, 4) is 0 Å². The van der Waals surface area contributed by atoms with Gasteiger partial charge in [0, 0.05) is 11.5 Å². The van der Waals surface area contributed by atoms with E-state index < -0.39 is 11.6 Å². The molecule has 21 heavy (non-hydrogen) atoms. The Labute approximate surface area is 121 Å². The molecule has 0 amide bonds. The molecule has 0 spiro atoms. The molecule has 0 bridgehead atoms. The van der Waals surface area contributed by atoms with Crippen molar-refractivity contribution in [3.05, 3.63) is 71.5 Å². The minimum atomic E-state index is -0.594. The summed E-state index contributed by atoms with van der Waals surface area (Å²) < 4.78 is 32.7. The van der Waals surface area contributed by atoms with Crippen molar-refractivity contribution in [2.75, 3.05) is 6.54 Å². The number of para-hydroxylation sites is 1. The van der Waals surface area contributed by atoms with Gasteiger partial charge in [-0.05, 0) is 36.4 Å². The fraction of sp³-hybridized carbons (Fsp3) is 0.176. The lowest BCUT2D eigenvalue weighted by Gasteiger charge is -2.16. The van der Waals surface area contributed by atoms with Gasteiger partial charge in [-0.3, -0.25) is 0 Å². The van der Waals surface area contributed by atoms with Crippen LogP contribution >= 0.6 is 0 Å². The van der Waals surface area contributed by atoms with E-state index in [1.807, 2.05) is 37.3 Å². The maximum absolute atomic E-state index is 13.5. The minimum absolute atomic E-state index is 0.382. The number of halogens is 2. The summed E-state index contributed by atoms with van der Waals surface area (Å²) in [6.07, 6.45) is 0. The molecule has 1 atom stereocenters. The summed E-state index contributed by atoms with van der Waals surface area (Å²) >= 11 is 0. The highest BCUT2D eigenvalue weighted by Crippen LogP contribution is 2.29. The second-order valence-corrected chi connectivity index (χ2v) is 4.88. The largest absolute Gasteiger partial charge is 0.459 e. The molecule has 1 heterocycles. The van der Waals surface area contributed by atoms with Crippen molar-refractivity contribution < 1.29 is 13.2 Å². The first-order valence-electron chi connectivity index (χ1n) is 6.85. The lowest BCUT2D eigenvalue weighted by atomic mass is 10.0. The summed E-state index contributed by atoms with van der Waals surface area (Å²) in [4.78, 5) is 0. The van der Waals surface area contributed by atoms with Gasteiger partial charge in [0.1, 0.15) is 23.0 Å². The summed E-state index contributed by atoms with van der Waals surface area (Å²) in [5.74, 6) is -0.545. The molecule has 108 valence electrons. The Balaban J connectivity index is 2.08. The van der Waals surface area contributed by atoms with Crippen LogP contribution in [0.25, 0.3) is 11.0 Å². The van der Waals surface area contributed by atoms with Gasteiger partial charge in [-0.2, -0.15) is 0 Å². The molecule has 0 aliphatic rings. The number of fused-ring (bicyclic) bond motifs is 1. The van der Waals surface area contributed by atoms with Crippen LogP contribution in [0.3, 0.4) is 0 Å². The highest BCUT2D eigenvalue weighted by Gasteiger charge is 2.19. The Hall–Kier alpha value is -2.20. The highest BCUT2D eigenvalue weighted by molar-refractivity contribution is 5.77. The van der Waals surface area contributed by atoms with Gasteiger partial charge in [-0.15, -0.1) is 0 Å². The van der Waals surface area contributed by atoms with Crippen LogP contribution < -0.4 is 5.32 Å². The molecule has 0 saturated carbocycles. The van der Waals surface area contributed by atoms with Crippen LogP contribution in [0.5, 0.6) is 0 Å². The lowest BCUT2D eigenvalue weighted by Crippen LogP contribution is -2.21. The van der Waals surface area contributed by atoms with E-state index in [-0.39, 0.29) is 6.04 Å². The van der Waals surface area contributed by atoms with Crippen molar-refractivity contribution in [2.45, 2.75) is 13.0 Å². The third-order valence-electron chi connectivity index (χ3n) is 3.36. The molecule has 0 saturated heterocycles. The SMILES string of the molecule is CCNC(c1cc(F)cc(F)c1)c1cc2ccccc2o1. The predicted octanol–water partition coefficient (Wildman–Crippen LogP) is 4.41. The van der Waals surface area contributed by atoms with Crippen molar-refractivity contribution >= 4 is 11.0 Å². The Morgan fingerprint density at radius 1 is 1.05 bits per heavy atom. The topological polar surface area (TPSA) is 25.2 Å². The Kier molecular flexibility index (Phi) is 3.71. The van der Waals surface area contributed by atoms with Crippen LogP contribution in [-0.4, -0.2) is 6.54 Å². The van der Waals surface area contributed by atoms with E-state index in [0.717, 1.165) is 17.0 Å². The van der Waals surface area contributed by atoms with E-state index in [2.05, 4.69) is 5.32 Å². The van der Waals surface area contributed by atoms with E-state index in [1.165, 1.54) is 12.1 Å². The first-order valence-corrected chi connectivity index (χ1v) is 6.85. The second kappa shape index (κ2) is 5.66. The number of hydrogen-bond donors (Lipinski definition) is 1. The van der Waals surface area contributed by atoms with Crippen molar-refractivity contribution in [2.24, 2.45) is 0 Å². The zero-order chi connectivity index (χ0) is 14.8. The van der Waals surface area contributed by atoms with Gasteiger partial charge in [-0.1, -0.05) is 25.1 Å². The monoisotopic (exact) mass is 287 g/mol. The van der Waals surface area contributed by atoms with E-state index in [1.54, 1.807) is 0 Å². The molecule has 1 unspecified atom stereocenters. The zero-order valence-electron chi connectivity index (χ0n) is 11.6. The fourth-order valence-corrected chi connectivity index (χ4v) is 2.47. The molecular formula is C17H15F2NO. The quantitative estimate of drug-likeness (QED) is 0.769. The smallest absolute Gasteiger partial charge is 0.134 e. The van der Waals surface area contributed by atoms with Crippen LogP contribution in [0.15, 0.2) is 52.9 Å². The molecule has 1 N–H and O–H groups in total. The maximum atomic E-state index is 13.5. The molecular weight excluding hydrogens is 272 g/mol. The number of benzene rings is 2. The first-order chi connectivity index (χ1) is 10.2. The Morgan fingerprint density at radius 3 is 2.43 bits per heavy atom. The van der Waals surface area contributed by atoms with Gasteiger partial charge in [0.25, 0.3) is 0 Å². The van der Waals surface area contributed by atoms with Crippen LogP contribution in [0.1, 0.15) is 24.3 Å². The van der Waals surface area contributed by atoms with Crippen LogP contribution in [0, 0.1) is 11.6 Å². The van der Waals surface area contributed by atoms with E-state index in [0.29, 0.717) is 17.9 Å². The fourth-order valence-electron chi connectivity index (χ4n) is 2.47. The van der Waals surface area contributed by atoms with E-state index in [4.69, 9.17) is 4.42 Å². The van der Waals surface area contributed by atoms with Gasteiger partial charge < -0.3 is 9.73 Å². The molecule has 0 fully saturated rings. The second-order valence-electron chi connectivity index (χ2n) is 4.88. The standard InChI is InChI=1S/C17H15F2NO/c1-2-20-17(12-7-13(18)10-14(19)8-12)16-9-11-5-3-4-6-15(11)21-16/h3-10,17,20H,2H2,1H3. The third kappa shape index (κ3) is 2.81. The molecule has 0 aliphatic heterocycles. The van der Waals surface area contributed by atoms with Crippen LogP contribution in [0.4, 0.5) is 8.78 Å². The Morgan fingerprint density at radius 2 is 1.76 bits per heavy atom. The molecule has 4 heteroatoms. The van der Waals surface area contributed by atoms with Crippen LogP contribution in [0.2, 0.25) is 0 Å². The summed E-state index contributed by atoms with van der Waals surface area (Å²) in [6.45, 7) is 2.59. The number of furan rings is 1. The van der Waals surface area contributed by atoms with E-state index in [9.17, 15) is 8.78 Å². The highest BCUT2D eigenvalue weighted by atomic mass is 19.1. The number of rotatable bonds is 4. The van der Waals surface area contributed by atoms with Gasteiger partial charge in [0.2, 0.25) is 0 Å². The van der Waals surface area contributed by atoms with E-state index >= 15 is 0 Å². The van der Waals surface area contributed by atoms with Gasteiger partial charge >= 0.3 is 0 Å². The molecule has 0 aliphatic carbocycles. The molecule has 2 aromatic carbocycles. The van der Waals surface area contributed by atoms with Crippen molar-refractivity contribution in [1.29, 1.82) is 0 Å². The number of hydrogen-bond acceptors (Lipinski definition) is 2. The summed E-state index contributed by atoms with van der Waals surface area (Å²) in [7, 11) is 0. The molecule has 2 nitrogen and oxygen atoms in total. The summed E-state index contributed by atoms with van der Waals surface area (Å²) in [5.41, 5.74) is 1.26. The molecule has 1 aromatic heterocycles. The normalized spacial score (nSPS) is 12.7. The van der Waals surface area contributed by atoms with Crippen LogP contribution in [-0.2, 0) is 0 Å².